The van der Waals surface area contributed by atoms with Gasteiger partial charge in [-0.2, -0.15) is 0 Å². The number of halogens is 1. The van der Waals surface area contributed by atoms with Gasteiger partial charge in [-0.3, -0.25) is 14.5 Å². The van der Waals surface area contributed by atoms with E-state index in [1.165, 1.54) is 11.6 Å². The number of nitrogens with zero attached hydrogens (tertiary/aromatic N) is 2. The lowest BCUT2D eigenvalue weighted by Gasteiger charge is -2.31. The van der Waals surface area contributed by atoms with Gasteiger partial charge in [0, 0.05) is 43.7 Å². The van der Waals surface area contributed by atoms with Gasteiger partial charge in [0.15, 0.2) is 0 Å². The Balaban J connectivity index is 1.48. The van der Waals surface area contributed by atoms with Gasteiger partial charge in [0.05, 0.1) is 0 Å². The molecule has 0 atom stereocenters. The number of carbonyl (C=O) groups excluding carboxylic acids is 2. The lowest BCUT2D eigenvalue weighted by molar-refractivity contribution is -0.126. The van der Waals surface area contributed by atoms with Crippen molar-refractivity contribution in [3.8, 4) is 0 Å². The Bertz CT molecular complexity index is 950. The smallest absolute Gasteiger partial charge is 0.253 e. The zero-order valence-corrected chi connectivity index (χ0v) is 20.2. The summed E-state index contributed by atoms with van der Waals surface area (Å²) in [7, 11) is 0. The van der Waals surface area contributed by atoms with Crippen molar-refractivity contribution < 1.29 is 14.0 Å². The van der Waals surface area contributed by atoms with Gasteiger partial charge in [-0.05, 0) is 75.0 Å². The van der Waals surface area contributed by atoms with E-state index in [1.54, 1.807) is 13.0 Å². The van der Waals surface area contributed by atoms with Crippen LogP contribution in [0.2, 0.25) is 0 Å². The van der Waals surface area contributed by atoms with Crippen molar-refractivity contribution in [2.45, 2.75) is 59.7 Å². The number of hydrogen-bond acceptors (Lipinski definition) is 3. The largest absolute Gasteiger partial charge is 0.352 e. The summed E-state index contributed by atoms with van der Waals surface area (Å²) in [5.41, 5.74) is 3.23. The zero-order valence-electron chi connectivity index (χ0n) is 20.2. The molecule has 0 unspecified atom stereocenters. The number of rotatable bonds is 8. The van der Waals surface area contributed by atoms with E-state index in [1.807, 2.05) is 35.2 Å². The maximum atomic E-state index is 13.7. The van der Waals surface area contributed by atoms with Crippen LogP contribution in [0.3, 0.4) is 0 Å². The first-order chi connectivity index (χ1) is 15.8. The third kappa shape index (κ3) is 6.64. The predicted octanol–water partition coefficient (Wildman–Crippen LogP) is 4.53. The van der Waals surface area contributed by atoms with Crippen molar-refractivity contribution >= 4 is 11.8 Å². The minimum absolute atomic E-state index is 0.0201. The molecule has 3 rings (SSSR count). The number of piperidine rings is 1. The molecule has 0 bridgehead atoms. The third-order valence-corrected chi connectivity index (χ3v) is 6.58. The molecule has 1 N–H and O–H groups in total. The fraction of sp³-hybridized carbons (Fsp3) is 0.481. The van der Waals surface area contributed by atoms with Crippen molar-refractivity contribution in [1.29, 1.82) is 0 Å². The molecule has 178 valence electrons. The normalized spacial score (nSPS) is 14.7. The van der Waals surface area contributed by atoms with E-state index in [-0.39, 0.29) is 23.5 Å². The summed E-state index contributed by atoms with van der Waals surface area (Å²) in [4.78, 5) is 29.7. The van der Waals surface area contributed by atoms with Crippen LogP contribution in [0.5, 0.6) is 0 Å². The number of amides is 2. The average Bonchev–Trinajstić information content (AvgIpc) is 2.83. The summed E-state index contributed by atoms with van der Waals surface area (Å²) in [6, 6.07) is 13.4. The first kappa shape index (κ1) is 24.9. The number of carbonyl (C=O) groups is 2. The average molecular weight is 454 g/mol. The van der Waals surface area contributed by atoms with Gasteiger partial charge >= 0.3 is 0 Å². The van der Waals surface area contributed by atoms with Gasteiger partial charge in [0.2, 0.25) is 5.91 Å². The highest BCUT2D eigenvalue weighted by Crippen LogP contribution is 2.20. The van der Waals surface area contributed by atoms with Crippen LogP contribution in [-0.2, 0) is 17.9 Å². The fourth-order valence-electron chi connectivity index (χ4n) is 4.25. The number of hydrogen-bond donors (Lipinski definition) is 1. The van der Waals surface area contributed by atoms with Gasteiger partial charge in [-0.15, -0.1) is 0 Å². The van der Waals surface area contributed by atoms with Gasteiger partial charge in [-0.25, -0.2) is 4.39 Å². The predicted molar refractivity (Wildman–Crippen MR) is 129 cm³/mol. The molecule has 6 heteroatoms. The molecule has 0 aromatic heterocycles. The van der Waals surface area contributed by atoms with Gasteiger partial charge in [0.25, 0.3) is 5.91 Å². The molecule has 0 spiro atoms. The molecule has 5 nitrogen and oxygen atoms in total. The second kappa shape index (κ2) is 11.4. The van der Waals surface area contributed by atoms with Crippen LogP contribution < -0.4 is 5.32 Å². The Morgan fingerprint density at radius 3 is 2.30 bits per heavy atom. The molecule has 0 radical (unpaired) electrons. The van der Waals surface area contributed by atoms with Crippen molar-refractivity contribution in [2.24, 2.45) is 5.92 Å². The summed E-state index contributed by atoms with van der Waals surface area (Å²) in [6.45, 7) is 11.6. The summed E-state index contributed by atoms with van der Waals surface area (Å²) in [6.07, 6.45) is 1.27. The highest BCUT2D eigenvalue weighted by molar-refractivity contribution is 5.94. The molecular weight excluding hydrogens is 417 g/mol. The van der Waals surface area contributed by atoms with Crippen LogP contribution in [-0.4, -0.2) is 47.3 Å². The third-order valence-electron chi connectivity index (χ3n) is 6.58. The minimum atomic E-state index is -0.260. The zero-order chi connectivity index (χ0) is 24.0. The molecule has 1 fully saturated rings. The standard InChI is InChI=1S/C27H36FN3O2/c1-5-30(19(2)3)18-21-8-10-24(11-9-21)27(33)31-14-12-23(13-15-31)26(32)29-17-22-7-6-20(4)25(28)16-22/h6-11,16,19,23H,5,12-15,17-18H2,1-4H3,(H,29,32). The van der Waals surface area contributed by atoms with Crippen LogP contribution in [0.25, 0.3) is 0 Å². The quantitative estimate of drug-likeness (QED) is 0.639. The summed E-state index contributed by atoms with van der Waals surface area (Å²) < 4.78 is 13.7. The van der Waals surface area contributed by atoms with Crippen molar-refractivity contribution in [3.05, 3.63) is 70.5 Å². The molecule has 33 heavy (non-hydrogen) atoms. The van der Waals surface area contributed by atoms with Crippen LogP contribution in [0.15, 0.2) is 42.5 Å². The number of aryl methyl sites for hydroxylation is 1. The molecule has 0 aliphatic carbocycles. The van der Waals surface area contributed by atoms with Gasteiger partial charge < -0.3 is 10.2 Å². The maximum absolute atomic E-state index is 13.7. The fourth-order valence-corrected chi connectivity index (χ4v) is 4.25. The summed E-state index contributed by atoms with van der Waals surface area (Å²) in [5, 5.41) is 2.91. The maximum Gasteiger partial charge on any atom is 0.253 e. The van der Waals surface area contributed by atoms with E-state index >= 15 is 0 Å². The number of likely N-dealkylation sites (tertiary alicyclic amines) is 1. The first-order valence-corrected chi connectivity index (χ1v) is 11.9. The van der Waals surface area contributed by atoms with E-state index in [4.69, 9.17) is 0 Å². The van der Waals surface area contributed by atoms with E-state index in [2.05, 4.69) is 31.0 Å². The van der Waals surface area contributed by atoms with E-state index < -0.39 is 0 Å². The van der Waals surface area contributed by atoms with Gasteiger partial charge in [0.1, 0.15) is 5.82 Å². The Kier molecular flexibility index (Phi) is 8.61. The molecule has 2 amide bonds. The second-order valence-electron chi connectivity index (χ2n) is 9.22. The molecule has 2 aromatic rings. The van der Waals surface area contributed by atoms with E-state index in [0.717, 1.165) is 18.7 Å². The highest BCUT2D eigenvalue weighted by atomic mass is 19.1. The molecule has 1 saturated heterocycles. The second-order valence-corrected chi connectivity index (χ2v) is 9.22. The van der Waals surface area contributed by atoms with Crippen LogP contribution in [0.4, 0.5) is 4.39 Å². The Morgan fingerprint density at radius 2 is 1.73 bits per heavy atom. The molecular formula is C27H36FN3O2. The van der Waals surface area contributed by atoms with Gasteiger partial charge in [-0.1, -0.05) is 31.2 Å². The monoisotopic (exact) mass is 453 g/mol. The van der Waals surface area contributed by atoms with Crippen molar-refractivity contribution in [2.75, 3.05) is 19.6 Å². The minimum Gasteiger partial charge on any atom is -0.352 e. The topological polar surface area (TPSA) is 52.7 Å². The van der Waals surface area contributed by atoms with E-state index in [0.29, 0.717) is 49.6 Å². The molecule has 1 aliphatic heterocycles. The van der Waals surface area contributed by atoms with Crippen molar-refractivity contribution in [1.82, 2.24) is 15.1 Å². The Morgan fingerprint density at radius 1 is 1.09 bits per heavy atom. The number of benzene rings is 2. The molecule has 1 heterocycles. The van der Waals surface area contributed by atoms with Crippen molar-refractivity contribution in [3.63, 3.8) is 0 Å². The lowest BCUT2D eigenvalue weighted by atomic mass is 9.95. The van der Waals surface area contributed by atoms with Crippen LogP contribution in [0, 0.1) is 18.7 Å². The van der Waals surface area contributed by atoms with E-state index in [9.17, 15) is 14.0 Å². The molecule has 1 aliphatic rings. The Labute approximate surface area is 197 Å². The summed E-state index contributed by atoms with van der Waals surface area (Å²) in [5.74, 6) is -0.392. The SMILES string of the molecule is CCN(Cc1ccc(C(=O)N2CCC(C(=O)NCc3ccc(C)c(F)c3)CC2)cc1)C(C)C. The number of nitrogens with one attached hydrogen (secondary N) is 1. The highest BCUT2D eigenvalue weighted by Gasteiger charge is 2.27. The lowest BCUT2D eigenvalue weighted by Crippen LogP contribution is -2.42. The first-order valence-electron chi connectivity index (χ1n) is 11.9. The Hall–Kier alpha value is -2.73. The summed E-state index contributed by atoms with van der Waals surface area (Å²) >= 11 is 0. The molecule has 0 saturated carbocycles. The molecule has 2 aromatic carbocycles. The van der Waals surface area contributed by atoms with Crippen LogP contribution >= 0.6 is 0 Å². The van der Waals surface area contributed by atoms with Crippen LogP contribution in [0.1, 0.15) is 60.7 Å².